The van der Waals surface area contributed by atoms with E-state index in [2.05, 4.69) is 20.4 Å². The lowest BCUT2D eigenvalue weighted by Crippen LogP contribution is -2.16. The number of nitrogens with zero attached hydrogens (tertiary/aromatic N) is 3. The molecule has 3 heterocycles. The highest BCUT2D eigenvalue weighted by atomic mass is 32.2. The van der Waals surface area contributed by atoms with E-state index in [4.69, 9.17) is 0 Å². The Bertz CT molecular complexity index is 1050. The van der Waals surface area contributed by atoms with Crippen LogP contribution < -0.4 is 10.9 Å². The molecule has 0 spiro atoms. The van der Waals surface area contributed by atoms with E-state index >= 15 is 0 Å². The number of aryl methyl sites for hydroxylation is 4. The fourth-order valence-electron chi connectivity index (χ4n) is 2.74. The zero-order chi connectivity index (χ0) is 19.0. The molecule has 3 aromatic rings. The Morgan fingerprint density at radius 2 is 2.04 bits per heavy atom. The third-order valence-electron chi connectivity index (χ3n) is 4.33. The highest BCUT2D eigenvalue weighted by Crippen LogP contribution is 2.26. The second-order valence-electron chi connectivity index (χ2n) is 6.19. The van der Waals surface area contributed by atoms with E-state index in [1.807, 2.05) is 34.7 Å². The van der Waals surface area contributed by atoms with Crippen molar-refractivity contribution in [1.29, 1.82) is 0 Å². The number of H-pyrrole nitrogens is 1. The van der Waals surface area contributed by atoms with Crippen molar-refractivity contribution in [3.63, 3.8) is 0 Å². The average molecular weight is 392 g/mol. The minimum Gasteiger partial charge on any atom is -0.322 e. The monoisotopic (exact) mass is 391 g/mol. The smallest absolute Gasteiger partial charge is 0.259 e. The van der Waals surface area contributed by atoms with Crippen LogP contribution in [0.2, 0.25) is 0 Å². The van der Waals surface area contributed by atoms with Crippen LogP contribution in [-0.4, -0.2) is 31.4 Å². The van der Waals surface area contributed by atoms with Gasteiger partial charge in [-0.2, -0.15) is 5.10 Å². The first-order chi connectivity index (χ1) is 12.3. The molecule has 138 valence electrons. The number of fused-ring (bicyclic) bond motifs is 1. The molecule has 0 aromatic carbocycles. The van der Waals surface area contributed by atoms with Crippen molar-refractivity contribution >= 4 is 44.9 Å². The van der Waals surface area contributed by atoms with Crippen LogP contribution in [0.1, 0.15) is 27.7 Å². The Labute approximate surface area is 159 Å². The van der Waals surface area contributed by atoms with Gasteiger partial charge in [0.2, 0.25) is 5.91 Å². The lowest BCUT2D eigenvalue weighted by Gasteiger charge is -2.06. The summed E-state index contributed by atoms with van der Waals surface area (Å²) in [5.74, 6) is 1.24. The van der Waals surface area contributed by atoms with Crippen LogP contribution in [0, 0.1) is 27.7 Å². The predicted molar refractivity (Wildman–Crippen MR) is 107 cm³/mol. The number of thioether (sulfide) groups is 1. The maximum absolute atomic E-state index is 12.3. The molecule has 0 aliphatic carbocycles. The minimum absolute atomic E-state index is 0.0968. The molecule has 3 rings (SSSR count). The van der Waals surface area contributed by atoms with Crippen molar-refractivity contribution in [2.24, 2.45) is 7.05 Å². The summed E-state index contributed by atoms with van der Waals surface area (Å²) in [7, 11) is 1.85. The first kappa shape index (κ1) is 18.7. The Morgan fingerprint density at radius 3 is 2.69 bits per heavy atom. The number of rotatable bonds is 5. The van der Waals surface area contributed by atoms with E-state index < -0.39 is 0 Å². The van der Waals surface area contributed by atoms with Gasteiger partial charge >= 0.3 is 0 Å². The summed E-state index contributed by atoms with van der Waals surface area (Å²) < 4.78 is 1.74. The standard InChI is InChI=1S/C17H21N5O2S2/c1-8-11(4)26-17-14(8)16(24)18-12(19-17)6-25-7-13(23)20-15-9(2)21-22(5)10(15)3/h6-7H2,1-5H3,(H,20,23)(H,18,19,24). The maximum atomic E-state index is 12.3. The van der Waals surface area contributed by atoms with E-state index in [-0.39, 0.29) is 17.2 Å². The number of thiophene rings is 1. The lowest BCUT2D eigenvalue weighted by molar-refractivity contribution is -0.113. The van der Waals surface area contributed by atoms with Gasteiger partial charge in [-0.1, -0.05) is 0 Å². The summed E-state index contributed by atoms with van der Waals surface area (Å²) in [5, 5.41) is 7.86. The Hall–Kier alpha value is -2.13. The van der Waals surface area contributed by atoms with Gasteiger partial charge in [-0.25, -0.2) is 4.98 Å². The summed E-state index contributed by atoms with van der Waals surface area (Å²) in [6.07, 6.45) is 0. The highest BCUT2D eigenvalue weighted by Gasteiger charge is 2.14. The SMILES string of the molecule is Cc1nn(C)c(C)c1NC(=O)CSCc1nc2sc(C)c(C)c2c(=O)[nH]1. The number of aromatic amines is 1. The third kappa shape index (κ3) is 3.54. The minimum atomic E-state index is -0.112. The number of carbonyl (C=O) groups is 1. The summed E-state index contributed by atoms with van der Waals surface area (Å²) in [6.45, 7) is 7.71. The number of carbonyl (C=O) groups excluding carboxylic acids is 1. The Kier molecular flexibility index (Phi) is 5.19. The number of amides is 1. The van der Waals surface area contributed by atoms with Crippen LogP contribution in [0.3, 0.4) is 0 Å². The fraction of sp³-hybridized carbons (Fsp3) is 0.412. The molecule has 9 heteroatoms. The second kappa shape index (κ2) is 7.24. The van der Waals surface area contributed by atoms with Gasteiger partial charge in [0.25, 0.3) is 5.56 Å². The molecule has 0 saturated heterocycles. The van der Waals surface area contributed by atoms with Crippen LogP contribution in [0.5, 0.6) is 0 Å². The molecule has 1 amide bonds. The fourth-order valence-corrected chi connectivity index (χ4v) is 4.48. The van der Waals surface area contributed by atoms with E-state index in [1.165, 1.54) is 23.1 Å². The van der Waals surface area contributed by atoms with Crippen LogP contribution in [-0.2, 0) is 17.6 Å². The van der Waals surface area contributed by atoms with Gasteiger partial charge in [-0.15, -0.1) is 23.1 Å². The first-order valence-corrected chi connectivity index (χ1v) is 10.1. The van der Waals surface area contributed by atoms with E-state index in [0.717, 1.165) is 32.3 Å². The quantitative estimate of drug-likeness (QED) is 0.698. The van der Waals surface area contributed by atoms with Crippen LogP contribution in [0.4, 0.5) is 5.69 Å². The number of nitrogens with one attached hydrogen (secondary N) is 2. The largest absolute Gasteiger partial charge is 0.322 e. The van der Waals surface area contributed by atoms with Gasteiger partial charge in [-0.05, 0) is 33.3 Å². The van der Waals surface area contributed by atoms with Crippen molar-refractivity contribution in [2.75, 3.05) is 11.1 Å². The molecule has 0 radical (unpaired) electrons. The highest BCUT2D eigenvalue weighted by molar-refractivity contribution is 7.99. The third-order valence-corrected chi connectivity index (χ3v) is 6.38. The van der Waals surface area contributed by atoms with Crippen LogP contribution in [0.15, 0.2) is 4.79 Å². The van der Waals surface area contributed by atoms with Gasteiger partial charge in [0.15, 0.2) is 0 Å². The number of aromatic nitrogens is 4. The zero-order valence-corrected chi connectivity index (χ0v) is 17.0. The average Bonchev–Trinajstić information content (AvgIpc) is 2.98. The van der Waals surface area contributed by atoms with E-state index in [9.17, 15) is 9.59 Å². The van der Waals surface area contributed by atoms with Gasteiger partial charge in [0.1, 0.15) is 10.7 Å². The van der Waals surface area contributed by atoms with Crippen molar-refractivity contribution in [3.05, 3.63) is 38.0 Å². The zero-order valence-electron chi connectivity index (χ0n) is 15.4. The first-order valence-electron chi connectivity index (χ1n) is 8.14. The molecular formula is C17H21N5O2S2. The van der Waals surface area contributed by atoms with Crippen LogP contribution >= 0.6 is 23.1 Å². The molecule has 0 saturated carbocycles. The van der Waals surface area contributed by atoms with E-state index in [1.54, 1.807) is 4.68 Å². The number of hydrogen-bond acceptors (Lipinski definition) is 6. The van der Waals surface area contributed by atoms with Gasteiger partial charge < -0.3 is 10.3 Å². The summed E-state index contributed by atoms with van der Waals surface area (Å²) in [4.78, 5) is 33.7. The molecule has 0 aliphatic heterocycles. The molecule has 0 aliphatic rings. The Morgan fingerprint density at radius 1 is 1.31 bits per heavy atom. The molecule has 0 unspecified atom stereocenters. The van der Waals surface area contributed by atoms with Crippen molar-refractivity contribution < 1.29 is 4.79 Å². The number of hydrogen-bond donors (Lipinski definition) is 2. The van der Waals surface area contributed by atoms with Crippen molar-refractivity contribution in [2.45, 2.75) is 33.4 Å². The summed E-state index contributed by atoms with van der Waals surface area (Å²) in [6, 6.07) is 0. The lowest BCUT2D eigenvalue weighted by atomic mass is 10.2. The molecule has 0 atom stereocenters. The molecule has 0 bridgehead atoms. The maximum Gasteiger partial charge on any atom is 0.259 e. The normalized spacial score (nSPS) is 11.3. The summed E-state index contributed by atoms with van der Waals surface area (Å²) in [5.41, 5.74) is 3.35. The van der Waals surface area contributed by atoms with Gasteiger partial charge in [-0.3, -0.25) is 14.3 Å². The molecule has 0 fully saturated rings. The van der Waals surface area contributed by atoms with Crippen molar-refractivity contribution in [1.82, 2.24) is 19.7 Å². The molecule has 2 N–H and O–H groups in total. The number of anilines is 1. The molecule has 3 aromatic heterocycles. The van der Waals surface area contributed by atoms with Gasteiger partial charge in [0.05, 0.1) is 34.0 Å². The van der Waals surface area contributed by atoms with Crippen molar-refractivity contribution in [3.8, 4) is 0 Å². The topological polar surface area (TPSA) is 92.7 Å². The molecule has 26 heavy (non-hydrogen) atoms. The predicted octanol–water partition coefficient (Wildman–Crippen LogP) is 2.82. The molecular weight excluding hydrogens is 370 g/mol. The van der Waals surface area contributed by atoms with E-state index in [0.29, 0.717) is 17.0 Å². The summed E-state index contributed by atoms with van der Waals surface area (Å²) >= 11 is 2.94. The second-order valence-corrected chi connectivity index (χ2v) is 8.38. The Balaban J connectivity index is 1.64. The van der Waals surface area contributed by atoms with Crippen LogP contribution in [0.25, 0.3) is 10.2 Å². The molecule has 7 nitrogen and oxygen atoms in total. The van der Waals surface area contributed by atoms with Gasteiger partial charge in [0, 0.05) is 11.9 Å².